The molecule has 0 bridgehead atoms. The Labute approximate surface area is 117 Å². The maximum atomic E-state index is 12.1. The van der Waals surface area contributed by atoms with Gasteiger partial charge in [0, 0.05) is 10.6 Å². The van der Waals surface area contributed by atoms with Gasteiger partial charge in [-0.25, -0.2) is 4.79 Å². The summed E-state index contributed by atoms with van der Waals surface area (Å²) in [6, 6.07) is 6.17. The lowest BCUT2D eigenvalue weighted by molar-refractivity contribution is -0.118. The standard InChI is InChI=1S/C13H19N3O2S/c1-8(2)11(16-13(14)18)12(17)15-9-5-4-6-10(7-9)19-3/h4-8,11H,1-3H3,(H,15,17)(H3,14,16,18). The maximum absolute atomic E-state index is 12.1. The van der Waals surface area contributed by atoms with Crippen LogP contribution in [0.5, 0.6) is 0 Å². The Morgan fingerprint density at radius 2 is 2.00 bits per heavy atom. The van der Waals surface area contributed by atoms with Gasteiger partial charge >= 0.3 is 6.03 Å². The molecular formula is C13H19N3O2S. The fraction of sp³-hybridized carbons (Fsp3) is 0.385. The van der Waals surface area contributed by atoms with E-state index in [0.717, 1.165) is 4.90 Å². The summed E-state index contributed by atoms with van der Waals surface area (Å²) in [7, 11) is 0. The summed E-state index contributed by atoms with van der Waals surface area (Å²) in [5.74, 6) is -0.316. The molecular weight excluding hydrogens is 262 g/mol. The van der Waals surface area contributed by atoms with Crippen molar-refractivity contribution in [2.75, 3.05) is 11.6 Å². The molecule has 0 heterocycles. The molecule has 4 N–H and O–H groups in total. The molecule has 1 atom stereocenters. The van der Waals surface area contributed by atoms with Crippen LogP contribution in [0.1, 0.15) is 13.8 Å². The number of nitrogens with one attached hydrogen (secondary N) is 2. The maximum Gasteiger partial charge on any atom is 0.312 e. The Hall–Kier alpha value is -1.69. The number of carbonyl (C=O) groups is 2. The SMILES string of the molecule is CSc1cccc(NC(=O)C(NC(N)=O)C(C)C)c1. The molecule has 0 aliphatic rings. The van der Waals surface area contributed by atoms with E-state index < -0.39 is 12.1 Å². The van der Waals surface area contributed by atoms with Crippen molar-refractivity contribution in [1.82, 2.24) is 5.32 Å². The van der Waals surface area contributed by atoms with Crippen LogP contribution in [0.15, 0.2) is 29.2 Å². The number of anilines is 1. The van der Waals surface area contributed by atoms with Crippen LogP contribution in [0, 0.1) is 5.92 Å². The van der Waals surface area contributed by atoms with Gasteiger partial charge in [-0.3, -0.25) is 4.79 Å². The van der Waals surface area contributed by atoms with Crippen LogP contribution < -0.4 is 16.4 Å². The largest absolute Gasteiger partial charge is 0.352 e. The predicted octanol–water partition coefficient (Wildman–Crippen LogP) is 2.04. The third-order valence-electron chi connectivity index (χ3n) is 2.58. The number of hydrogen-bond donors (Lipinski definition) is 3. The highest BCUT2D eigenvalue weighted by atomic mass is 32.2. The van der Waals surface area contributed by atoms with E-state index in [1.165, 1.54) is 0 Å². The molecule has 3 amide bonds. The summed E-state index contributed by atoms with van der Waals surface area (Å²) < 4.78 is 0. The molecule has 1 aromatic carbocycles. The number of rotatable bonds is 5. The molecule has 6 heteroatoms. The second-order valence-electron chi connectivity index (χ2n) is 4.45. The first-order chi connectivity index (χ1) is 8.93. The van der Waals surface area contributed by atoms with Crippen LogP contribution in [0.3, 0.4) is 0 Å². The van der Waals surface area contributed by atoms with Gasteiger partial charge in [0.15, 0.2) is 0 Å². The quantitative estimate of drug-likeness (QED) is 0.722. The molecule has 1 unspecified atom stereocenters. The van der Waals surface area contributed by atoms with Gasteiger partial charge in [-0.2, -0.15) is 0 Å². The normalized spacial score (nSPS) is 12.0. The van der Waals surface area contributed by atoms with Gasteiger partial charge < -0.3 is 16.4 Å². The monoisotopic (exact) mass is 281 g/mol. The second-order valence-corrected chi connectivity index (χ2v) is 5.33. The van der Waals surface area contributed by atoms with Crippen LogP contribution in [-0.2, 0) is 4.79 Å². The minimum Gasteiger partial charge on any atom is -0.352 e. The van der Waals surface area contributed by atoms with E-state index in [9.17, 15) is 9.59 Å². The third kappa shape index (κ3) is 4.82. The lowest BCUT2D eigenvalue weighted by atomic mass is 10.0. The summed E-state index contributed by atoms with van der Waals surface area (Å²) in [6.07, 6.45) is 1.96. The number of urea groups is 1. The average Bonchev–Trinajstić information content (AvgIpc) is 2.35. The van der Waals surface area contributed by atoms with Gasteiger partial charge in [-0.15, -0.1) is 11.8 Å². The van der Waals surface area contributed by atoms with Crippen LogP contribution in [0.4, 0.5) is 10.5 Å². The second kappa shape index (κ2) is 7.04. The van der Waals surface area contributed by atoms with Crippen LogP contribution in [0.2, 0.25) is 0 Å². The number of nitrogens with two attached hydrogens (primary N) is 1. The van der Waals surface area contributed by atoms with E-state index in [1.54, 1.807) is 17.8 Å². The van der Waals surface area contributed by atoms with E-state index in [-0.39, 0.29) is 11.8 Å². The van der Waals surface area contributed by atoms with E-state index in [4.69, 9.17) is 5.73 Å². The first-order valence-corrected chi connectivity index (χ1v) is 7.17. The van der Waals surface area contributed by atoms with Gasteiger partial charge in [0.1, 0.15) is 6.04 Å². The fourth-order valence-corrected chi connectivity index (χ4v) is 2.07. The molecule has 19 heavy (non-hydrogen) atoms. The van der Waals surface area contributed by atoms with Crippen molar-refractivity contribution in [3.05, 3.63) is 24.3 Å². The van der Waals surface area contributed by atoms with E-state index >= 15 is 0 Å². The number of amides is 3. The first-order valence-electron chi connectivity index (χ1n) is 5.95. The highest BCUT2D eigenvalue weighted by Gasteiger charge is 2.23. The molecule has 0 aliphatic heterocycles. The summed E-state index contributed by atoms with van der Waals surface area (Å²) in [6.45, 7) is 3.69. The van der Waals surface area contributed by atoms with E-state index in [1.807, 2.05) is 38.3 Å². The molecule has 0 saturated heterocycles. The average molecular weight is 281 g/mol. The topological polar surface area (TPSA) is 84.2 Å². The summed E-state index contributed by atoms with van der Waals surface area (Å²) >= 11 is 1.59. The van der Waals surface area contributed by atoms with Gasteiger partial charge in [-0.1, -0.05) is 19.9 Å². The van der Waals surface area contributed by atoms with Crippen molar-refractivity contribution in [2.24, 2.45) is 11.7 Å². The van der Waals surface area contributed by atoms with Gasteiger partial charge in [0.05, 0.1) is 0 Å². The first kappa shape index (κ1) is 15.4. The summed E-state index contributed by atoms with van der Waals surface area (Å²) in [4.78, 5) is 24.1. The van der Waals surface area contributed by atoms with Crippen molar-refractivity contribution in [1.29, 1.82) is 0 Å². The number of hydrogen-bond acceptors (Lipinski definition) is 3. The molecule has 0 fully saturated rings. The van der Waals surface area contributed by atoms with Crippen molar-refractivity contribution >= 4 is 29.4 Å². The molecule has 0 spiro atoms. The minimum absolute atomic E-state index is 0.0452. The highest BCUT2D eigenvalue weighted by molar-refractivity contribution is 7.98. The smallest absolute Gasteiger partial charge is 0.312 e. The zero-order valence-corrected chi connectivity index (χ0v) is 12.1. The van der Waals surface area contributed by atoms with Crippen LogP contribution in [0.25, 0.3) is 0 Å². The van der Waals surface area contributed by atoms with Crippen molar-refractivity contribution in [3.8, 4) is 0 Å². The highest BCUT2D eigenvalue weighted by Crippen LogP contribution is 2.19. The lowest BCUT2D eigenvalue weighted by Gasteiger charge is -2.20. The Morgan fingerprint density at radius 3 is 2.53 bits per heavy atom. The predicted molar refractivity (Wildman–Crippen MR) is 78.2 cm³/mol. The van der Waals surface area contributed by atoms with Crippen LogP contribution in [-0.4, -0.2) is 24.2 Å². The third-order valence-corrected chi connectivity index (χ3v) is 3.31. The Kier molecular flexibility index (Phi) is 5.69. The molecule has 5 nitrogen and oxygen atoms in total. The molecule has 0 aromatic heterocycles. The van der Waals surface area contributed by atoms with Crippen molar-refractivity contribution in [2.45, 2.75) is 24.8 Å². The van der Waals surface area contributed by atoms with Gasteiger partial charge in [0.25, 0.3) is 0 Å². The number of primary amides is 1. The Morgan fingerprint density at radius 1 is 1.32 bits per heavy atom. The molecule has 104 valence electrons. The number of thioether (sulfide) groups is 1. The van der Waals surface area contributed by atoms with Gasteiger partial charge in [0.2, 0.25) is 5.91 Å². The van der Waals surface area contributed by atoms with Gasteiger partial charge in [-0.05, 0) is 30.4 Å². The molecule has 0 aliphatic carbocycles. The molecule has 1 rings (SSSR count). The zero-order valence-electron chi connectivity index (χ0n) is 11.3. The molecule has 0 saturated carbocycles. The Bertz CT molecular complexity index is 463. The summed E-state index contributed by atoms with van der Waals surface area (Å²) in [5.41, 5.74) is 5.78. The van der Waals surface area contributed by atoms with Crippen molar-refractivity contribution < 1.29 is 9.59 Å². The zero-order chi connectivity index (χ0) is 14.4. The minimum atomic E-state index is -0.702. The van der Waals surface area contributed by atoms with E-state index in [0.29, 0.717) is 5.69 Å². The summed E-state index contributed by atoms with van der Waals surface area (Å²) in [5, 5.41) is 5.23. The lowest BCUT2D eigenvalue weighted by Crippen LogP contribution is -2.49. The Balaban J connectivity index is 2.77. The molecule has 0 radical (unpaired) electrons. The van der Waals surface area contributed by atoms with E-state index in [2.05, 4.69) is 10.6 Å². The number of benzene rings is 1. The van der Waals surface area contributed by atoms with Crippen LogP contribution >= 0.6 is 11.8 Å². The molecule has 1 aromatic rings. The van der Waals surface area contributed by atoms with Crippen molar-refractivity contribution in [3.63, 3.8) is 0 Å². The number of carbonyl (C=O) groups excluding carboxylic acids is 2. The fourth-order valence-electron chi connectivity index (χ4n) is 1.61.